The van der Waals surface area contributed by atoms with Gasteiger partial charge >= 0.3 is 0 Å². The first kappa shape index (κ1) is 17.4. The largest absolute Gasteiger partial charge is 0.314 e. The van der Waals surface area contributed by atoms with Gasteiger partial charge in [-0.05, 0) is 69.8 Å². The summed E-state index contributed by atoms with van der Waals surface area (Å²) in [5, 5.41) is 3.49. The second-order valence-corrected chi connectivity index (χ2v) is 7.22. The third kappa shape index (κ3) is 6.19. The van der Waals surface area contributed by atoms with Gasteiger partial charge < -0.3 is 5.32 Å². The average molecular weight is 295 g/mol. The third-order valence-electron chi connectivity index (χ3n) is 3.70. The van der Waals surface area contributed by atoms with Crippen molar-refractivity contribution in [2.75, 3.05) is 12.3 Å². The van der Waals surface area contributed by atoms with Crippen molar-refractivity contribution in [2.24, 2.45) is 0 Å². The molecule has 20 heavy (non-hydrogen) atoms. The number of hydrogen-bond donors (Lipinski definition) is 1. The van der Waals surface area contributed by atoms with Crippen LogP contribution in [0.15, 0.2) is 23.1 Å². The van der Waals surface area contributed by atoms with Gasteiger partial charge in [0, 0.05) is 16.7 Å². The zero-order chi connectivity index (χ0) is 15.0. The van der Waals surface area contributed by atoms with Crippen molar-refractivity contribution in [3.05, 3.63) is 29.3 Å². The van der Waals surface area contributed by atoms with Gasteiger partial charge in [0.15, 0.2) is 0 Å². The van der Waals surface area contributed by atoms with Crippen molar-refractivity contribution in [3.8, 4) is 0 Å². The van der Waals surface area contributed by atoms with E-state index in [9.17, 15) is 4.21 Å². The lowest BCUT2D eigenvalue weighted by Gasteiger charge is -2.12. The van der Waals surface area contributed by atoms with Crippen LogP contribution in [0.2, 0.25) is 0 Å². The fourth-order valence-corrected chi connectivity index (χ4v) is 3.38. The van der Waals surface area contributed by atoms with Crippen molar-refractivity contribution >= 4 is 10.8 Å². The fourth-order valence-electron chi connectivity index (χ4n) is 2.15. The number of rotatable bonds is 9. The molecule has 1 N–H and O–H groups in total. The van der Waals surface area contributed by atoms with Crippen molar-refractivity contribution in [1.29, 1.82) is 0 Å². The molecule has 2 unspecified atom stereocenters. The van der Waals surface area contributed by atoms with E-state index in [4.69, 9.17) is 0 Å². The molecule has 0 radical (unpaired) electrons. The maximum Gasteiger partial charge on any atom is 0.0529 e. The molecule has 1 aromatic carbocycles. The highest BCUT2D eigenvalue weighted by atomic mass is 32.2. The fraction of sp³-hybridized carbons (Fsp3) is 0.647. The number of aryl methyl sites for hydroxylation is 2. The highest BCUT2D eigenvalue weighted by Crippen LogP contribution is 2.14. The van der Waals surface area contributed by atoms with E-state index in [0.717, 1.165) is 30.0 Å². The second kappa shape index (κ2) is 9.30. The molecule has 0 heterocycles. The highest BCUT2D eigenvalue weighted by Gasteiger charge is 2.06. The van der Waals surface area contributed by atoms with Crippen LogP contribution in [-0.2, 0) is 10.8 Å². The molecule has 0 amide bonds. The maximum absolute atomic E-state index is 12.2. The van der Waals surface area contributed by atoms with Crippen LogP contribution in [0, 0.1) is 13.8 Å². The molecule has 0 aliphatic heterocycles. The quantitative estimate of drug-likeness (QED) is 0.698. The first-order valence-electron chi connectivity index (χ1n) is 7.73. The molecule has 0 saturated heterocycles. The first-order chi connectivity index (χ1) is 9.54. The van der Waals surface area contributed by atoms with Crippen molar-refractivity contribution in [3.63, 3.8) is 0 Å². The molecule has 3 heteroatoms. The van der Waals surface area contributed by atoms with E-state index in [-0.39, 0.29) is 0 Å². The molecule has 114 valence electrons. The summed E-state index contributed by atoms with van der Waals surface area (Å²) < 4.78 is 12.2. The molecule has 0 bridgehead atoms. The topological polar surface area (TPSA) is 29.1 Å². The summed E-state index contributed by atoms with van der Waals surface area (Å²) in [4.78, 5) is 0.977. The summed E-state index contributed by atoms with van der Waals surface area (Å²) in [6, 6.07) is 6.71. The minimum absolute atomic E-state index is 0.574. The van der Waals surface area contributed by atoms with Gasteiger partial charge in [-0.15, -0.1) is 0 Å². The Bertz CT molecular complexity index is 431. The lowest BCUT2D eigenvalue weighted by atomic mass is 10.1. The Labute approximate surface area is 126 Å². The highest BCUT2D eigenvalue weighted by molar-refractivity contribution is 7.85. The summed E-state index contributed by atoms with van der Waals surface area (Å²) in [6.45, 7) is 9.68. The predicted octanol–water partition coefficient (Wildman–Crippen LogP) is 3.97. The molecule has 0 aliphatic rings. The Morgan fingerprint density at radius 3 is 2.60 bits per heavy atom. The Kier molecular flexibility index (Phi) is 8.08. The smallest absolute Gasteiger partial charge is 0.0529 e. The molecule has 0 saturated carbocycles. The Balaban J connectivity index is 2.28. The molecule has 1 aromatic rings. The van der Waals surface area contributed by atoms with Crippen molar-refractivity contribution in [1.82, 2.24) is 5.32 Å². The molecule has 0 spiro atoms. The van der Waals surface area contributed by atoms with Gasteiger partial charge in [0.05, 0.1) is 10.8 Å². The van der Waals surface area contributed by atoms with E-state index in [2.05, 4.69) is 45.1 Å². The maximum atomic E-state index is 12.2. The van der Waals surface area contributed by atoms with Crippen LogP contribution in [0.5, 0.6) is 0 Å². The van der Waals surface area contributed by atoms with Gasteiger partial charge in [-0.3, -0.25) is 4.21 Å². The van der Waals surface area contributed by atoms with Crippen LogP contribution in [0.25, 0.3) is 0 Å². The molecule has 2 nitrogen and oxygen atoms in total. The predicted molar refractivity (Wildman–Crippen MR) is 88.8 cm³/mol. The molecular weight excluding hydrogens is 266 g/mol. The van der Waals surface area contributed by atoms with Crippen LogP contribution in [0.3, 0.4) is 0 Å². The standard InChI is InChI=1S/C17H29NOS/c1-5-11-18-16(4)8-6-7-12-20(19)17-10-9-14(2)15(3)13-17/h9-10,13,16,18H,5-8,11-12H2,1-4H3. The van der Waals surface area contributed by atoms with E-state index in [1.807, 2.05) is 6.07 Å². The molecular formula is C17H29NOS. The molecule has 2 atom stereocenters. The Morgan fingerprint density at radius 2 is 1.95 bits per heavy atom. The van der Waals surface area contributed by atoms with Gasteiger partial charge in [0.25, 0.3) is 0 Å². The van der Waals surface area contributed by atoms with E-state index in [1.54, 1.807) is 0 Å². The minimum Gasteiger partial charge on any atom is -0.314 e. The Morgan fingerprint density at radius 1 is 1.20 bits per heavy atom. The summed E-state index contributed by atoms with van der Waals surface area (Å²) >= 11 is 0. The summed E-state index contributed by atoms with van der Waals surface area (Å²) in [6.07, 6.45) is 4.54. The van der Waals surface area contributed by atoms with E-state index >= 15 is 0 Å². The monoisotopic (exact) mass is 295 g/mol. The van der Waals surface area contributed by atoms with E-state index in [1.165, 1.54) is 24.0 Å². The molecule has 0 aromatic heterocycles. The van der Waals surface area contributed by atoms with Crippen LogP contribution in [0.1, 0.15) is 50.7 Å². The van der Waals surface area contributed by atoms with Crippen LogP contribution in [0.4, 0.5) is 0 Å². The first-order valence-corrected chi connectivity index (χ1v) is 9.05. The van der Waals surface area contributed by atoms with Crippen molar-refractivity contribution in [2.45, 2.75) is 64.3 Å². The molecule has 0 aliphatic carbocycles. The summed E-state index contributed by atoms with van der Waals surface area (Å²) in [7, 11) is -0.842. The molecule has 1 rings (SSSR count). The van der Waals surface area contributed by atoms with Crippen molar-refractivity contribution < 1.29 is 4.21 Å². The normalized spacial score (nSPS) is 14.2. The summed E-state index contributed by atoms with van der Waals surface area (Å²) in [5.41, 5.74) is 2.50. The molecule has 0 fully saturated rings. The van der Waals surface area contributed by atoms with Gasteiger partial charge in [-0.2, -0.15) is 0 Å². The SMILES string of the molecule is CCCNC(C)CCCCS(=O)c1ccc(C)c(C)c1. The number of benzene rings is 1. The third-order valence-corrected chi connectivity index (χ3v) is 5.14. The van der Waals surface area contributed by atoms with E-state index < -0.39 is 10.8 Å². The van der Waals surface area contributed by atoms with Crippen LogP contribution >= 0.6 is 0 Å². The minimum atomic E-state index is -0.842. The second-order valence-electron chi connectivity index (χ2n) is 5.65. The lowest BCUT2D eigenvalue weighted by molar-refractivity contribution is 0.495. The van der Waals surface area contributed by atoms with Gasteiger partial charge in [-0.1, -0.05) is 19.4 Å². The van der Waals surface area contributed by atoms with Gasteiger partial charge in [-0.25, -0.2) is 0 Å². The Hall–Kier alpha value is -0.670. The van der Waals surface area contributed by atoms with Crippen LogP contribution < -0.4 is 5.32 Å². The zero-order valence-corrected chi connectivity index (χ0v) is 14.2. The zero-order valence-electron chi connectivity index (χ0n) is 13.4. The number of hydrogen-bond acceptors (Lipinski definition) is 2. The number of nitrogens with one attached hydrogen (secondary N) is 1. The van der Waals surface area contributed by atoms with E-state index in [0.29, 0.717) is 6.04 Å². The van der Waals surface area contributed by atoms with Gasteiger partial charge in [0.1, 0.15) is 0 Å². The average Bonchev–Trinajstić information content (AvgIpc) is 2.44. The lowest BCUT2D eigenvalue weighted by Crippen LogP contribution is -2.26. The number of unbranched alkanes of at least 4 members (excludes halogenated alkanes) is 1. The summed E-state index contributed by atoms with van der Waals surface area (Å²) in [5.74, 6) is 0.781. The van der Waals surface area contributed by atoms with Crippen LogP contribution in [-0.4, -0.2) is 22.5 Å². The van der Waals surface area contributed by atoms with Gasteiger partial charge in [0.2, 0.25) is 0 Å².